The molecule has 1 saturated carbocycles. The van der Waals surface area contributed by atoms with Crippen LogP contribution in [0.4, 0.5) is 0 Å². The Morgan fingerprint density at radius 2 is 0.667 bits per heavy atom. The molecule has 108 valence electrons. The van der Waals surface area contributed by atoms with Gasteiger partial charge < -0.3 is 0 Å². The molecule has 0 bridgehead atoms. The van der Waals surface area contributed by atoms with Gasteiger partial charge in [0.05, 0.1) is 0 Å². The SMILES string of the molecule is CC1(C)CCCCCCCCCCC(C)(C)CC1. The second-order valence-corrected chi connectivity index (χ2v) is 8.16. The molecule has 0 heteroatoms. The van der Waals surface area contributed by atoms with E-state index in [1.54, 1.807) is 0 Å². The summed E-state index contributed by atoms with van der Waals surface area (Å²) in [5, 5.41) is 0. The van der Waals surface area contributed by atoms with E-state index < -0.39 is 0 Å². The van der Waals surface area contributed by atoms with Gasteiger partial charge in [-0.1, -0.05) is 79.1 Å². The topological polar surface area (TPSA) is 0 Å². The average Bonchev–Trinajstić information content (AvgIpc) is 2.28. The van der Waals surface area contributed by atoms with Crippen LogP contribution in [0.25, 0.3) is 0 Å². The van der Waals surface area contributed by atoms with Gasteiger partial charge in [0, 0.05) is 0 Å². The van der Waals surface area contributed by atoms with Crippen molar-refractivity contribution in [1.82, 2.24) is 0 Å². The van der Waals surface area contributed by atoms with Crippen molar-refractivity contribution < 1.29 is 0 Å². The Labute approximate surface area is 116 Å². The Morgan fingerprint density at radius 3 is 1.00 bits per heavy atom. The first-order valence-corrected chi connectivity index (χ1v) is 8.41. The lowest BCUT2D eigenvalue weighted by atomic mass is 9.74. The van der Waals surface area contributed by atoms with E-state index in [1.165, 1.54) is 77.0 Å². The van der Waals surface area contributed by atoms with Crippen molar-refractivity contribution in [1.29, 1.82) is 0 Å². The third-order valence-corrected chi connectivity index (χ3v) is 4.94. The van der Waals surface area contributed by atoms with Crippen molar-refractivity contribution in [3.05, 3.63) is 0 Å². The van der Waals surface area contributed by atoms with Crippen LogP contribution < -0.4 is 0 Å². The maximum Gasteiger partial charge on any atom is -0.0354 e. The Balaban J connectivity index is 2.44. The number of hydrogen-bond acceptors (Lipinski definition) is 0. The van der Waals surface area contributed by atoms with Crippen LogP contribution in [0.15, 0.2) is 0 Å². The monoisotopic (exact) mass is 252 g/mol. The first-order chi connectivity index (χ1) is 8.41. The van der Waals surface area contributed by atoms with Crippen LogP contribution >= 0.6 is 0 Å². The summed E-state index contributed by atoms with van der Waals surface area (Å²) in [6, 6.07) is 0. The molecule has 0 spiro atoms. The van der Waals surface area contributed by atoms with Crippen molar-refractivity contribution in [3.8, 4) is 0 Å². The maximum atomic E-state index is 2.48. The van der Waals surface area contributed by atoms with E-state index in [1.807, 2.05) is 0 Å². The van der Waals surface area contributed by atoms with Crippen LogP contribution in [0.5, 0.6) is 0 Å². The third-order valence-electron chi connectivity index (χ3n) is 4.94. The summed E-state index contributed by atoms with van der Waals surface area (Å²) in [7, 11) is 0. The fourth-order valence-electron chi connectivity index (χ4n) is 3.19. The molecule has 0 N–H and O–H groups in total. The summed E-state index contributed by atoms with van der Waals surface area (Å²) in [4.78, 5) is 0. The second kappa shape index (κ2) is 7.56. The molecule has 0 unspecified atom stereocenters. The highest BCUT2D eigenvalue weighted by atomic mass is 14.3. The first-order valence-electron chi connectivity index (χ1n) is 8.41. The predicted octanol–water partition coefficient (Wildman–Crippen LogP) is 6.73. The smallest absolute Gasteiger partial charge is 0.0354 e. The zero-order valence-electron chi connectivity index (χ0n) is 13.5. The van der Waals surface area contributed by atoms with Crippen LogP contribution in [0.1, 0.15) is 105 Å². The van der Waals surface area contributed by atoms with Gasteiger partial charge in [-0.05, 0) is 36.5 Å². The van der Waals surface area contributed by atoms with E-state index in [4.69, 9.17) is 0 Å². The van der Waals surface area contributed by atoms with Gasteiger partial charge in [0.1, 0.15) is 0 Å². The molecular weight excluding hydrogens is 216 g/mol. The van der Waals surface area contributed by atoms with Gasteiger partial charge in [0.15, 0.2) is 0 Å². The van der Waals surface area contributed by atoms with Crippen LogP contribution in [0, 0.1) is 10.8 Å². The molecule has 0 heterocycles. The van der Waals surface area contributed by atoms with E-state index in [2.05, 4.69) is 27.7 Å². The highest BCUT2D eigenvalue weighted by Gasteiger charge is 2.23. The Bertz CT molecular complexity index is 188. The number of hydrogen-bond donors (Lipinski definition) is 0. The lowest BCUT2D eigenvalue weighted by Crippen LogP contribution is -2.18. The molecule has 0 aromatic rings. The van der Waals surface area contributed by atoms with Gasteiger partial charge in [-0.3, -0.25) is 0 Å². The third kappa shape index (κ3) is 7.44. The molecule has 0 aromatic carbocycles. The molecule has 0 atom stereocenters. The summed E-state index contributed by atoms with van der Waals surface area (Å²) >= 11 is 0. The average molecular weight is 252 g/mol. The van der Waals surface area contributed by atoms with Crippen LogP contribution in [0.2, 0.25) is 0 Å². The van der Waals surface area contributed by atoms with Gasteiger partial charge in [-0.15, -0.1) is 0 Å². The maximum absolute atomic E-state index is 2.48. The molecule has 0 saturated heterocycles. The summed E-state index contributed by atoms with van der Waals surface area (Å²) < 4.78 is 0. The zero-order valence-corrected chi connectivity index (χ0v) is 13.5. The summed E-state index contributed by atoms with van der Waals surface area (Å²) in [6.45, 7) is 9.92. The molecule has 1 aliphatic rings. The predicted molar refractivity (Wildman–Crippen MR) is 83.0 cm³/mol. The highest BCUT2D eigenvalue weighted by Crippen LogP contribution is 2.37. The van der Waals surface area contributed by atoms with Crippen molar-refractivity contribution in [3.63, 3.8) is 0 Å². The minimum Gasteiger partial charge on any atom is -0.0599 e. The van der Waals surface area contributed by atoms with Crippen LogP contribution in [-0.4, -0.2) is 0 Å². The molecule has 0 amide bonds. The van der Waals surface area contributed by atoms with Crippen LogP contribution in [0.3, 0.4) is 0 Å². The lowest BCUT2D eigenvalue weighted by Gasteiger charge is -2.31. The molecule has 0 aromatic heterocycles. The normalized spacial score (nSPS) is 27.3. The molecule has 1 fully saturated rings. The first kappa shape index (κ1) is 16.1. The van der Waals surface area contributed by atoms with Crippen molar-refractivity contribution in [2.24, 2.45) is 10.8 Å². The van der Waals surface area contributed by atoms with Gasteiger partial charge in [0.2, 0.25) is 0 Å². The van der Waals surface area contributed by atoms with Crippen LogP contribution in [-0.2, 0) is 0 Å². The zero-order chi connectivity index (χ0) is 13.5. The summed E-state index contributed by atoms with van der Waals surface area (Å²) in [6.07, 6.45) is 17.4. The lowest BCUT2D eigenvalue weighted by molar-refractivity contribution is 0.207. The molecule has 0 nitrogen and oxygen atoms in total. The van der Waals surface area contributed by atoms with E-state index in [-0.39, 0.29) is 0 Å². The van der Waals surface area contributed by atoms with Crippen molar-refractivity contribution >= 4 is 0 Å². The second-order valence-electron chi connectivity index (χ2n) is 8.16. The van der Waals surface area contributed by atoms with E-state index in [0.717, 1.165) is 0 Å². The Kier molecular flexibility index (Phi) is 6.74. The molecule has 0 aliphatic heterocycles. The van der Waals surface area contributed by atoms with Gasteiger partial charge in [-0.25, -0.2) is 0 Å². The standard InChI is InChI=1S/C18H36/c1-17(2)13-11-9-7-5-6-8-10-12-14-18(3,4)16-15-17/h5-16H2,1-4H3. The molecule has 0 radical (unpaired) electrons. The van der Waals surface area contributed by atoms with E-state index in [9.17, 15) is 0 Å². The summed E-state index contributed by atoms with van der Waals surface area (Å²) in [5.41, 5.74) is 1.14. The molecular formula is C18H36. The molecule has 18 heavy (non-hydrogen) atoms. The Hall–Kier alpha value is 0. The largest absolute Gasteiger partial charge is 0.0599 e. The van der Waals surface area contributed by atoms with Gasteiger partial charge in [-0.2, -0.15) is 0 Å². The van der Waals surface area contributed by atoms with Gasteiger partial charge in [0.25, 0.3) is 0 Å². The quantitative estimate of drug-likeness (QED) is 0.448. The van der Waals surface area contributed by atoms with E-state index >= 15 is 0 Å². The minimum atomic E-state index is 0.571. The minimum absolute atomic E-state index is 0.571. The highest BCUT2D eigenvalue weighted by molar-refractivity contribution is 4.76. The number of rotatable bonds is 0. The molecule has 1 rings (SSSR count). The van der Waals surface area contributed by atoms with Gasteiger partial charge >= 0.3 is 0 Å². The van der Waals surface area contributed by atoms with Crippen molar-refractivity contribution in [2.75, 3.05) is 0 Å². The van der Waals surface area contributed by atoms with Crippen molar-refractivity contribution in [2.45, 2.75) is 105 Å². The Morgan fingerprint density at radius 1 is 0.389 bits per heavy atom. The fraction of sp³-hybridized carbons (Fsp3) is 1.00. The fourth-order valence-corrected chi connectivity index (χ4v) is 3.19. The van der Waals surface area contributed by atoms with E-state index in [0.29, 0.717) is 10.8 Å². The molecule has 1 aliphatic carbocycles. The summed E-state index contributed by atoms with van der Waals surface area (Å²) in [5.74, 6) is 0.